The first kappa shape index (κ1) is 23.6. The molecule has 8 nitrogen and oxygen atoms in total. The van der Waals surface area contributed by atoms with Crippen molar-refractivity contribution in [3.05, 3.63) is 51.6 Å². The molecule has 2 aromatic rings. The Morgan fingerprint density at radius 1 is 1.27 bits per heavy atom. The molecule has 2 aromatic heterocycles. The SMILES string of the molecule is COCCOC(=O)C1=C(C)N(CCc2cccs2)C(=S)N[C@@H]1c1cnc(N2CCCC2)nc1. The molecule has 0 radical (unpaired) electrons. The topological polar surface area (TPSA) is 79.8 Å². The molecule has 33 heavy (non-hydrogen) atoms. The van der Waals surface area contributed by atoms with E-state index >= 15 is 0 Å². The van der Waals surface area contributed by atoms with E-state index in [1.807, 2.05) is 17.9 Å². The fourth-order valence-corrected chi connectivity index (χ4v) is 5.14. The minimum atomic E-state index is -0.474. The summed E-state index contributed by atoms with van der Waals surface area (Å²) in [5.74, 6) is 0.325. The highest BCUT2D eigenvalue weighted by Crippen LogP contribution is 2.31. The average Bonchev–Trinajstić information content (AvgIpc) is 3.53. The van der Waals surface area contributed by atoms with Crippen LogP contribution >= 0.6 is 23.6 Å². The number of carbonyl (C=O) groups excluding carboxylic acids is 1. The van der Waals surface area contributed by atoms with Crippen molar-refractivity contribution in [2.75, 3.05) is 44.9 Å². The molecule has 1 fully saturated rings. The summed E-state index contributed by atoms with van der Waals surface area (Å²) in [5.41, 5.74) is 2.07. The van der Waals surface area contributed by atoms with Crippen molar-refractivity contribution in [2.45, 2.75) is 32.2 Å². The molecule has 0 spiro atoms. The van der Waals surface area contributed by atoms with E-state index in [1.54, 1.807) is 30.8 Å². The molecule has 2 aliphatic heterocycles. The summed E-state index contributed by atoms with van der Waals surface area (Å²) in [7, 11) is 1.58. The fourth-order valence-electron chi connectivity index (χ4n) is 4.10. The Morgan fingerprint density at radius 3 is 2.70 bits per heavy atom. The van der Waals surface area contributed by atoms with E-state index in [-0.39, 0.29) is 6.61 Å². The Morgan fingerprint density at radius 2 is 2.03 bits per heavy atom. The molecule has 4 rings (SSSR count). The normalized spacial score (nSPS) is 18.6. The first-order chi connectivity index (χ1) is 16.1. The zero-order valence-electron chi connectivity index (χ0n) is 19.0. The largest absolute Gasteiger partial charge is 0.460 e. The first-order valence-corrected chi connectivity index (χ1v) is 12.4. The monoisotopic (exact) mass is 487 g/mol. The lowest BCUT2D eigenvalue weighted by atomic mass is 9.97. The van der Waals surface area contributed by atoms with Crippen molar-refractivity contribution in [1.82, 2.24) is 20.2 Å². The average molecular weight is 488 g/mol. The Balaban J connectivity index is 1.60. The molecule has 1 saturated heterocycles. The number of carbonyl (C=O) groups is 1. The van der Waals surface area contributed by atoms with E-state index in [0.29, 0.717) is 23.8 Å². The van der Waals surface area contributed by atoms with Crippen LogP contribution in [0.2, 0.25) is 0 Å². The molecular weight excluding hydrogens is 458 g/mol. The lowest BCUT2D eigenvalue weighted by molar-refractivity contribution is -0.140. The van der Waals surface area contributed by atoms with Gasteiger partial charge in [-0.3, -0.25) is 0 Å². The number of thiocarbonyl (C=S) groups is 1. The lowest BCUT2D eigenvalue weighted by Crippen LogP contribution is -2.48. The van der Waals surface area contributed by atoms with Crippen LogP contribution in [0.25, 0.3) is 0 Å². The van der Waals surface area contributed by atoms with Gasteiger partial charge in [0.25, 0.3) is 0 Å². The van der Waals surface area contributed by atoms with Crippen LogP contribution in [0, 0.1) is 0 Å². The van der Waals surface area contributed by atoms with Gasteiger partial charge in [0.1, 0.15) is 6.61 Å². The number of esters is 1. The molecule has 0 unspecified atom stereocenters. The van der Waals surface area contributed by atoms with Crippen LogP contribution in [0.15, 0.2) is 41.2 Å². The Kier molecular flexibility index (Phi) is 7.89. The van der Waals surface area contributed by atoms with E-state index in [2.05, 4.69) is 31.6 Å². The Bertz CT molecular complexity index is 988. The first-order valence-electron chi connectivity index (χ1n) is 11.1. The Hall–Kier alpha value is -2.56. The standard InChI is InChI=1S/C23H29N5O3S2/c1-16-19(21(29)31-12-11-30-2)20(17-14-24-22(25-15-17)27-8-3-4-9-27)26-23(32)28(16)10-7-18-6-5-13-33-18/h5-6,13-15,20H,3-4,7-12H2,1-2H3,(H,26,32)/t20-/m1/s1. The quantitative estimate of drug-likeness (QED) is 0.326. The van der Waals surface area contributed by atoms with Crippen molar-refractivity contribution in [3.8, 4) is 0 Å². The number of aromatic nitrogens is 2. The molecule has 176 valence electrons. The number of hydrogen-bond donors (Lipinski definition) is 1. The minimum absolute atomic E-state index is 0.183. The van der Waals surface area contributed by atoms with Gasteiger partial charge in [-0.05, 0) is 49.9 Å². The van der Waals surface area contributed by atoms with Gasteiger partial charge < -0.3 is 24.6 Å². The third-order valence-electron chi connectivity index (χ3n) is 5.88. The van der Waals surface area contributed by atoms with E-state index < -0.39 is 12.0 Å². The maximum absolute atomic E-state index is 13.1. The van der Waals surface area contributed by atoms with Crippen LogP contribution in [0.5, 0.6) is 0 Å². The summed E-state index contributed by atoms with van der Waals surface area (Å²) in [4.78, 5) is 27.7. The molecular formula is C23H29N5O3S2. The fraction of sp³-hybridized carbons (Fsp3) is 0.478. The van der Waals surface area contributed by atoms with Crippen molar-refractivity contribution < 1.29 is 14.3 Å². The van der Waals surface area contributed by atoms with Gasteiger partial charge >= 0.3 is 5.97 Å². The number of allylic oxidation sites excluding steroid dienone is 1. The number of nitrogens with one attached hydrogen (secondary N) is 1. The number of thiophene rings is 1. The maximum Gasteiger partial charge on any atom is 0.338 e. The number of nitrogens with zero attached hydrogens (tertiary/aromatic N) is 4. The van der Waals surface area contributed by atoms with E-state index in [4.69, 9.17) is 21.7 Å². The molecule has 10 heteroatoms. The molecule has 4 heterocycles. The zero-order valence-corrected chi connectivity index (χ0v) is 20.6. The molecule has 0 aliphatic carbocycles. The van der Waals surface area contributed by atoms with Crippen molar-refractivity contribution in [2.24, 2.45) is 0 Å². The third kappa shape index (κ3) is 5.51. The summed E-state index contributed by atoms with van der Waals surface area (Å²) >= 11 is 7.41. The van der Waals surface area contributed by atoms with Gasteiger partial charge in [0.2, 0.25) is 5.95 Å². The van der Waals surface area contributed by atoms with Gasteiger partial charge in [0.15, 0.2) is 5.11 Å². The molecule has 0 aromatic carbocycles. The zero-order chi connectivity index (χ0) is 23.2. The smallest absolute Gasteiger partial charge is 0.338 e. The van der Waals surface area contributed by atoms with Gasteiger partial charge in [0, 0.05) is 55.3 Å². The van der Waals surface area contributed by atoms with Crippen molar-refractivity contribution in [1.29, 1.82) is 0 Å². The second-order valence-electron chi connectivity index (χ2n) is 8.00. The number of rotatable bonds is 9. The number of ether oxygens (including phenoxy) is 2. The predicted molar refractivity (Wildman–Crippen MR) is 132 cm³/mol. The number of methoxy groups -OCH3 is 1. The molecule has 0 amide bonds. The highest BCUT2D eigenvalue weighted by molar-refractivity contribution is 7.80. The third-order valence-corrected chi connectivity index (χ3v) is 7.15. The number of hydrogen-bond acceptors (Lipinski definition) is 8. The van der Waals surface area contributed by atoms with E-state index in [0.717, 1.165) is 49.6 Å². The van der Waals surface area contributed by atoms with Gasteiger partial charge in [-0.1, -0.05) is 6.07 Å². The Labute approximate surface area is 203 Å². The van der Waals surface area contributed by atoms with Crippen LogP contribution in [0.4, 0.5) is 5.95 Å². The second kappa shape index (κ2) is 11.0. The summed E-state index contributed by atoms with van der Waals surface area (Å²) in [6.45, 7) is 5.05. The summed E-state index contributed by atoms with van der Waals surface area (Å²) in [6, 6.07) is 3.67. The lowest BCUT2D eigenvalue weighted by Gasteiger charge is -2.37. The summed E-state index contributed by atoms with van der Waals surface area (Å²) in [5, 5.41) is 5.97. The minimum Gasteiger partial charge on any atom is -0.460 e. The van der Waals surface area contributed by atoms with Crippen LogP contribution in [-0.2, 0) is 20.7 Å². The number of anilines is 1. The predicted octanol–water partition coefficient (Wildman–Crippen LogP) is 3.08. The van der Waals surface area contributed by atoms with Gasteiger partial charge in [-0.2, -0.15) is 0 Å². The van der Waals surface area contributed by atoms with Gasteiger partial charge in [-0.15, -0.1) is 11.3 Å². The molecule has 0 bridgehead atoms. The van der Waals surface area contributed by atoms with Gasteiger partial charge in [0.05, 0.1) is 18.2 Å². The molecule has 2 aliphatic rings. The summed E-state index contributed by atoms with van der Waals surface area (Å²) < 4.78 is 10.5. The van der Waals surface area contributed by atoms with Crippen molar-refractivity contribution >= 4 is 40.6 Å². The molecule has 1 N–H and O–H groups in total. The van der Waals surface area contributed by atoms with Crippen LogP contribution < -0.4 is 10.2 Å². The van der Waals surface area contributed by atoms with Crippen molar-refractivity contribution in [3.63, 3.8) is 0 Å². The van der Waals surface area contributed by atoms with Gasteiger partial charge in [-0.25, -0.2) is 14.8 Å². The summed E-state index contributed by atoms with van der Waals surface area (Å²) in [6.07, 6.45) is 6.70. The highest BCUT2D eigenvalue weighted by Gasteiger charge is 2.35. The van der Waals surface area contributed by atoms with Crippen LogP contribution in [0.3, 0.4) is 0 Å². The second-order valence-corrected chi connectivity index (χ2v) is 9.42. The highest BCUT2D eigenvalue weighted by atomic mass is 32.1. The molecule has 1 atom stereocenters. The van der Waals surface area contributed by atoms with E-state index in [1.165, 1.54) is 4.88 Å². The maximum atomic E-state index is 13.1. The van der Waals surface area contributed by atoms with Crippen LogP contribution in [0.1, 0.15) is 36.2 Å². The molecule has 0 saturated carbocycles. The van der Waals surface area contributed by atoms with Crippen LogP contribution in [-0.4, -0.2) is 65.9 Å². The van der Waals surface area contributed by atoms with E-state index in [9.17, 15) is 4.79 Å².